The van der Waals surface area contributed by atoms with Gasteiger partial charge in [0.05, 0.1) is 13.2 Å². The molecule has 0 radical (unpaired) electrons. The number of hydrogen-bond acceptors (Lipinski definition) is 4. The molecule has 120 valence electrons. The summed E-state index contributed by atoms with van der Waals surface area (Å²) < 4.78 is 10.7. The molecular formula is C16H23N3O2S. The first kappa shape index (κ1) is 16.7. The van der Waals surface area contributed by atoms with E-state index in [4.69, 9.17) is 21.7 Å². The van der Waals surface area contributed by atoms with Crippen LogP contribution < -0.4 is 15.5 Å². The lowest BCUT2D eigenvalue weighted by Crippen LogP contribution is -2.37. The van der Waals surface area contributed by atoms with Gasteiger partial charge < -0.3 is 14.8 Å². The minimum absolute atomic E-state index is 0.268. The Labute approximate surface area is 137 Å². The van der Waals surface area contributed by atoms with Gasteiger partial charge in [-0.15, -0.1) is 0 Å². The Balaban J connectivity index is 1.72. The Bertz CT molecular complexity index is 511. The van der Waals surface area contributed by atoms with Gasteiger partial charge in [-0.05, 0) is 49.7 Å². The maximum atomic E-state index is 5.53. The summed E-state index contributed by atoms with van der Waals surface area (Å²) in [6.45, 7) is 3.56. The van der Waals surface area contributed by atoms with Crippen LogP contribution in [0.4, 0.5) is 0 Å². The number of nitrogens with zero attached hydrogens (tertiary/aromatic N) is 1. The molecule has 22 heavy (non-hydrogen) atoms. The topological polar surface area (TPSA) is 54.9 Å². The zero-order valence-corrected chi connectivity index (χ0v) is 13.9. The van der Waals surface area contributed by atoms with Crippen molar-refractivity contribution < 1.29 is 9.47 Å². The van der Waals surface area contributed by atoms with E-state index in [-0.39, 0.29) is 6.10 Å². The fourth-order valence-corrected chi connectivity index (χ4v) is 2.40. The van der Waals surface area contributed by atoms with Gasteiger partial charge in [-0.2, -0.15) is 5.10 Å². The third-order valence-electron chi connectivity index (χ3n) is 3.48. The third kappa shape index (κ3) is 5.61. The summed E-state index contributed by atoms with van der Waals surface area (Å²) in [5.41, 5.74) is 5.02. The number of ether oxygens (including phenoxy) is 2. The van der Waals surface area contributed by atoms with Crippen LogP contribution in [0, 0.1) is 0 Å². The van der Waals surface area contributed by atoms with Crippen LogP contribution in [0.5, 0.6) is 5.75 Å². The molecule has 0 aliphatic carbocycles. The van der Waals surface area contributed by atoms with Crippen LogP contribution in [0.2, 0.25) is 0 Å². The standard InChI is InChI=1S/C16H23N3O2S/c1-12(10-13-5-7-14(20-2)8-6-13)18-19-16(22)17-11-15-4-3-9-21-15/h5-8,15H,3-4,9-11H2,1-2H3,(H2,17,19,22)/b18-12-/t15-/m1/s1. The summed E-state index contributed by atoms with van der Waals surface area (Å²) in [6, 6.07) is 7.96. The Morgan fingerprint density at radius 3 is 2.82 bits per heavy atom. The molecule has 0 saturated carbocycles. The fraction of sp³-hybridized carbons (Fsp3) is 0.500. The molecule has 5 nitrogen and oxygen atoms in total. The van der Waals surface area contributed by atoms with E-state index in [1.807, 2.05) is 31.2 Å². The van der Waals surface area contributed by atoms with Gasteiger partial charge in [-0.1, -0.05) is 12.1 Å². The largest absolute Gasteiger partial charge is 0.497 e. The highest BCUT2D eigenvalue weighted by Gasteiger charge is 2.15. The van der Waals surface area contributed by atoms with Crippen LogP contribution in [0.25, 0.3) is 0 Å². The molecule has 1 heterocycles. The van der Waals surface area contributed by atoms with Gasteiger partial charge in [0.25, 0.3) is 0 Å². The van der Waals surface area contributed by atoms with Crippen molar-refractivity contribution in [2.45, 2.75) is 32.3 Å². The molecular weight excluding hydrogens is 298 g/mol. The highest BCUT2D eigenvalue weighted by Crippen LogP contribution is 2.12. The SMILES string of the molecule is COc1ccc(C/C(C)=N\NC(=S)NC[C@H]2CCCO2)cc1. The van der Waals surface area contributed by atoms with E-state index in [0.29, 0.717) is 5.11 Å². The maximum absolute atomic E-state index is 5.53. The molecule has 0 aromatic heterocycles. The second-order valence-electron chi connectivity index (χ2n) is 5.33. The van der Waals surface area contributed by atoms with E-state index in [1.165, 1.54) is 5.56 Å². The van der Waals surface area contributed by atoms with Gasteiger partial charge in [-0.3, -0.25) is 5.43 Å². The van der Waals surface area contributed by atoms with Gasteiger partial charge >= 0.3 is 0 Å². The number of hydrazone groups is 1. The van der Waals surface area contributed by atoms with Crippen LogP contribution in [0.1, 0.15) is 25.3 Å². The monoisotopic (exact) mass is 321 g/mol. The molecule has 0 spiro atoms. The molecule has 1 aliphatic heterocycles. The second kappa shape index (κ2) is 8.70. The number of hydrogen-bond donors (Lipinski definition) is 2. The average molecular weight is 321 g/mol. The van der Waals surface area contributed by atoms with Crippen molar-refractivity contribution in [2.24, 2.45) is 5.10 Å². The quantitative estimate of drug-likeness (QED) is 0.478. The summed E-state index contributed by atoms with van der Waals surface area (Å²) in [5.74, 6) is 0.857. The predicted molar refractivity (Wildman–Crippen MR) is 92.5 cm³/mol. The van der Waals surface area contributed by atoms with Crippen LogP contribution in [-0.4, -0.2) is 37.2 Å². The van der Waals surface area contributed by atoms with Crippen molar-refractivity contribution in [2.75, 3.05) is 20.3 Å². The molecule has 1 atom stereocenters. The van der Waals surface area contributed by atoms with Crippen molar-refractivity contribution in [3.63, 3.8) is 0 Å². The number of nitrogens with one attached hydrogen (secondary N) is 2. The molecule has 1 aromatic rings. The van der Waals surface area contributed by atoms with Gasteiger partial charge in [0.1, 0.15) is 5.75 Å². The molecule has 0 amide bonds. The van der Waals surface area contributed by atoms with Crippen LogP contribution in [0.3, 0.4) is 0 Å². The van der Waals surface area contributed by atoms with Gasteiger partial charge in [-0.25, -0.2) is 0 Å². The molecule has 6 heteroatoms. The van der Waals surface area contributed by atoms with Crippen molar-refractivity contribution in [1.82, 2.24) is 10.7 Å². The van der Waals surface area contributed by atoms with Crippen LogP contribution in [0.15, 0.2) is 29.4 Å². The van der Waals surface area contributed by atoms with Gasteiger partial charge in [0.2, 0.25) is 0 Å². The lowest BCUT2D eigenvalue weighted by molar-refractivity contribution is 0.114. The van der Waals surface area contributed by atoms with E-state index in [0.717, 1.165) is 43.9 Å². The molecule has 1 aliphatic rings. The first-order valence-corrected chi connectivity index (χ1v) is 7.89. The summed E-state index contributed by atoms with van der Waals surface area (Å²) in [4.78, 5) is 0. The Hall–Kier alpha value is -1.66. The Kier molecular flexibility index (Phi) is 6.61. The molecule has 0 bridgehead atoms. The lowest BCUT2D eigenvalue weighted by atomic mass is 10.1. The van der Waals surface area contributed by atoms with E-state index >= 15 is 0 Å². The maximum Gasteiger partial charge on any atom is 0.187 e. The summed E-state index contributed by atoms with van der Waals surface area (Å²) in [5, 5.41) is 7.96. The van der Waals surface area contributed by atoms with Gasteiger partial charge in [0.15, 0.2) is 5.11 Å². The van der Waals surface area contributed by atoms with Crippen LogP contribution in [-0.2, 0) is 11.2 Å². The summed E-state index contributed by atoms with van der Waals surface area (Å²) in [6.07, 6.45) is 3.26. The summed E-state index contributed by atoms with van der Waals surface area (Å²) >= 11 is 5.20. The number of thiocarbonyl (C=S) groups is 1. The smallest absolute Gasteiger partial charge is 0.187 e. The Morgan fingerprint density at radius 2 is 2.18 bits per heavy atom. The number of benzene rings is 1. The van der Waals surface area contributed by atoms with E-state index in [2.05, 4.69) is 15.8 Å². The zero-order chi connectivity index (χ0) is 15.8. The first-order chi connectivity index (χ1) is 10.7. The van der Waals surface area contributed by atoms with E-state index in [1.54, 1.807) is 7.11 Å². The molecule has 0 unspecified atom stereocenters. The minimum atomic E-state index is 0.268. The molecule has 1 aromatic carbocycles. The zero-order valence-electron chi connectivity index (χ0n) is 13.1. The van der Waals surface area contributed by atoms with E-state index < -0.39 is 0 Å². The molecule has 2 rings (SSSR count). The fourth-order valence-electron chi connectivity index (χ4n) is 2.28. The average Bonchev–Trinajstić information content (AvgIpc) is 3.05. The summed E-state index contributed by atoms with van der Waals surface area (Å²) in [7, 11) is 1.66. The minimum Gasteiger partial charge on any atom is -0.497 e. The molecule has 1 fully saturated rings. The van der Waals surface area contributed by atoms with Gasteiger partial charge in [0, 0.05) is 25.3 Å². The number of rotatable bonds is 6. The highest BCUT2D eigenvalue weighted by atomic mass is 32.1. The molecule has 1 saturated heterocycles. The first-order valence-electron chi connectivity index (χ1n) is 7.49. The third-order valence-corrected chi connectivity index (χ3v) is 3.72. The second-order valence-corrected chi connectivity index (χ2v) is 5.74. The van der Waals surface area contributed by atoms with Crippen molar-refractivity contribution in [3.8, 4) is 5.75 Å². The lowest BCUT2D eigenvalue weighted by Gasteiger charge is -2.12. The predicted octanol–water partition coefficient (Wildman–Crippen LogP) is 2.26. The van der Waals surface area contributed by atoms with Crippen LogP contribution >= 0.6 is 12.2 Å². The van der Waals surface area contributed by atoms with Crippen molar-refractivity contribution in [3.05, 3.63) is 29.8 Å². The highest BCUT2D eigenvalue weighted by molar-refractivity contribution is 7.80. The molecule has 2 N–H and O–H groups in total. The van der Waals surface area contributed by atoms with Crippen molar-refractivity contribution in [1.29, 1.82) is 0 Å². The van der Waals surface area contributed by atoms with Crippen molar-refractivity contribution >= 4 is 23.0 Å². The van der Waals surface area contributed by atoms with E-state index in [9.17, 15) is 0 Å². The Morgan fingerprint density at radius 1 is 1.41 bits per heavy atom. The normalized spacial score (nSPS) is 18.1. The number of methoxy groups -OCH3 is 1.